The van der Waals surface area contributed by atoms with Crippen molar-refractivity contribution in [2.45, 2.75) is 13.3 Å². The van der Waals surface area contributed by atoms with Gasteiger partial charge in [0.15, 0.2) is 0 Å². The molecule has 0 atom stereocenters. The number of amides is 1. The van der Waals surface area contributed by atoms with E-state index in [0.29, 0.717) is 23.6 Å². The normalized spacial score (nSPS) is 16.2. The van der Waals surface area contributed by atoms with E-state index in [-0.39, 0.29) is 5.91 Å². The van der Waals surface area contributed by atoms with Crippen molar-refractivity contribution in [2.75, 3.05) is 36.6 Å². The molecule has 3 heterocycles. The highest BCUT2D eigenvalue weighted by Gasteiger charge is 2.27. The summed E-state index contributed by atoms with van der Waals surface area (Å²) in [5.41, 5.74) is 3.43. The lowest BCUT2D eigenvalue weighted by Crippen LogP contribution is -2.32. The maximum Gasteiger partial charge on any atom is 0.261 e. The summed E-state index contributed by atoms with van der Waals surface area (Å²) in [6.07, 6.45) is 1.95. The van der Waals surface area contributed by atoms with Crippen LogP contribution in [-0.2, 0) is 6.42 Å². The number of aromatic nitrogens is 1. The lowest BCUT2D eigenvalue weighted by Gasteiger charge is -2.29. The van der Waals surface area contributed by atoms with E-state index in [1.807, 2.05) is 17.8 Å². The number of rotatable bonds is 3. The minimum Gasteiger partial charge on any atom is -0.496 e. The Kier molecular flexibility index (Phi) is 4.58. The summed E-state index contributed by atoms with van der Waals surface area (Å²) >= 11 is 1.97. The quantitative estimate of drug-likeness (QED) is 0.892. The SMILES string of the molecule is COc1ccc(N2CCSCC2)c2c1CC(NC(=O)c1cnoc1C)=N2. The molecule has 1 amide bonds. The molecule has 2 aliphatic heterocycles. The number of aryl methyl sites for hydroxylation is 1. The van der Waals surface area contributed by atoms with Gasteiger partial charge in [-0.1, -0.05) is 5.16 Å². The minimum absolute atomic E-state index is 0.259. The third kappa shape index (κ3) is 3.05. The van der Waals surface area contributed by atoms with Gasteiger partial charge in [0, 0.05) is 36.6 Å². The average Bonchev–Trinajstić information content (AvgIpc) is 3.27. The molecule has 1 aromatic heterocycles. The zero-order valence-electron chi connectivity index (χ0n) is 14.7. The van der Waals surface area contributed by atoms with E-state index in [4.69, 9.17) is 14.3 Å². The number of carbonyl (C=O) groups is 1. The minimum atomic E-state index is -0.259. The highest BCUT2D eigenvalue weighted by atomic mass is 32.2. The number of ether oxygens (including phenoxy) is 1. The number of nitrogens with zero attached hydrogens (tertiary/aromatic N) is 3. The van der Waals surface area contributed by atoms with E-state index in [9.17, 15) is 4.79 Å². The standard InChI is InChI=1S/C18H20N4O3S/c1-11-13(10-19-25-11)18(23)21-16-9-12-15(24-2)4-3-14(17(12)20-16)22-5-7-26-8-6-22/h3-4,10H,5-9H2,1-2H3,(H,20,21,23). The first-order chi connectivity index (χ1) is 12.7. The number of methoxy groups -OCH3 is 1. The number of amidine groups is 1. The number of hydrogen-bond donors (Lipinski definition) is 1. The van der Waals surface area contributed by atoms with E-state index in [1.165, 1.54) is 6.20 Å². The van der Waals surface area contributed by atoms with Gasteiger partial charge in [-0.05, 0) is 19.1 Å². The van der Waals surface area contributed by atoms with Crippen LogP contribution in [0.2, 0.25) is 0 Å². The lowest BCUT2D eigenvalue weighted by molar-refractivity contribution is 0.0975. The predicted molar refractivity (Wildman–Crippen MR) is 102 cm³/mol. The zero-order chi connectivity index (χ0) is 18.1. The summed E-state index contributed by atoms with van der Waals surface area (Å²) in [7, 11) is 1.66. The molecule has 136 valence electrons. The fraction of sp³-hybridized carbons (Fsp3) is 0.389. The fourth-order valence-electron chi connectivity index (χ4n) is 3.28. The van der Waals surface area contributed by atoms with E-state index >= 15 is 0 Å². The molecule has 0 spiro atoms. The molecule has 0 aliphatic carbocycles. The highest BCUT2D eigenvalue weighted by molar-refractivity contribution is 7.99. The van der Waals surface area contributed by atoms with Crippen LogP contribution in [0.1, 0.15) is 21.7 Å². The summed E-state index contributed by atoms with van der Waals surface area (Å²) in [4.78, 5) is 19.5. The first kappa shape index (κ1) is 17.0. The number of thioether (sulfide) groups is 1. The van der Waals surface area contributed by atoms with Crippen LogP contribution in [0.5, 0.6) is 5.75 Å². The molecule has 8 heteroatoms. The van der Waals surface area contributed by atoms with Gasteiger partial charge in [0.2, 0.25) is 0 Å². The zero-order valence-corrected chi connectivity index (χ0v) is 15.6. The van der Waals surface area contributed by atoms with Gasteiger partial charge in [-0.3, -0.25) is 4.79 Å². The van der Waals surface area contributed by atoms with Crippen molar-refractivity contribution in [1.82, 2.24) is 10.5 Å². The molecule has 1 aromatic carbocycles. The van der Waals surface area contributed by atoms with Crippen LogP contribution in [0, 0.1) is 6.92 Å². The molecule has 1 saturated heterocycles. The van der Waals surface area contributed by atoms with Crippen molar-refractivity contribution in [3.63, 3.8) is 0 Å². The molecule has 0 bridgehead atoms. The van der Waals surface area contributed by atoms with Gasteiger partial charge < -0.3 is 19.5 Å². The van der Waals surface area contributed by atoms with Gasteiger partial charge in [0.25, 0.3) is 5.91 Å². The maximum atomic E-state index is 12.4. The number of carbonyl (C=O) groups excluding carboxylic acids is 1. The Morgan fingerprint density at radius 2 is 2.15 bits per heavy atom. The van der Waals surface area contributed by atoms with Crippen LogP contribution in [0.15, 0.2) is 27.8 Å². The average molecular weight is 372 g/mol. The van der Waals surface area contributed by atoms with Gasteiger partial charge >= 0.3 is 0 Å². The van der Waals surface area contributed by atoms with E-state index in [1.54, 1.807) is 14.0 Å². The number of aliphatic imine (C=N–C) groups is 1. The van der Waals surface area contributed by atoms with Crippen molar-refractivity contribution < 1.29 is 14.1 Å². The third-order valence-corrected chi connectivity index (χ3v) is 5.58. The first-order valence-corrected chi connectivity index (χ1v) is 9.65. The highest BCUT2D eigenvalue weighted by Crippen LogP contribution is 2.42. The number of anilines is 1. The van der Waals surface area contributed by atoms with Crippen LogP contribution in [0.4, 0.5) is 11.4 Å². The maximum absolute atomic E-state index is 12.4. The first-order valence-electron chi connectivity index (χ1n) is 8.50. The van der Waals surface area contributed by atoms with Crippen molar-refractivity contribution in [1.29, 1.82) is 0 Å². The second kappa shape index (κ2) is 7.03. The summed E-state index contributed by atoms with van der Waals surface area (Å²) in [5.74, 6) is 3.86. The van der Waals surface area contributed by atoms with Crippen LogP contribution in [0.25, 0.3) is 0 Å². The third-order valence-electron chi connectivity index (χ3n) is 4.63. The van der Waals surface area contributed by atoms with Gasteiger partial charge in [0.05, 0.1) is 24.7 Å². The molecule has 4 rings (SSSR count). The van der Waals surface area contributed by atoms with E-state index in [0.717, 1.165) is 47.3 Å². The molecule has 26 heavy (non-hydrogen) atoms. The topological polar surface area (TPSA) is 80.0 Å². The smallest absolute Gasteiger partial charge is 0.261 e. The van der Waals surface area contributed by atoms with E-state index in [2.05, 4.69) is 21.4 Å². The predicted octanol–water partition coefficient (Wildman–Crippen LogP) is 2.56. The summed E-state index contributed by atoms with van der Waals surface area (Å²) in [6, 6.07) is 4.05. The second-order valence-electron chi connectivity index (χ2n) is 6.20. The van der Waals surface area contributed by atoms with Crippen LogP contribution in [-0.4, -0.2) is 48.6 Å². The molecule has 7 nitrogen and oxygen atoms in total. The summed E-state index contributed by atoms with van der Waals surface area (Å²) < 4.78 is 10.5. The van der Waals surface area contributed by atoms with Crippen molar-refractivity contribution in [3.05, 3.63) is 35.2 Å². The molecular formula is C18H20N4O3S. The summed E-state index contributed by atoms with van der Waals surface area (Å²) in [5, 5.41) is 6.54. The Balaban J connectivity index is 1.62. The molecule has 1 fully saturated rings. The molecule has 1 N–H and O–H groups in total. The van der Waals surface area contributed by atoms with Gasteiger partial charge in [-0.15, -0.1) is 0 Å². The monoisotopic (exact) mass is 372 g/mol. The Labute approximate surface area is 155 Å². The number of fused-ring (bicyclic) bond motifs is 1. The molecule has 2 aliphatic rings. The largest absolute Gasteiger partial charge is 0.496 e. The number of hydrogen-bond acceptors (Lipinski definition) is 7. The van der Waals surface area contributed by atoms with Crippen molar-refractivity contribution in [3.8, 4) is 5.75 Å². The van der Waals surface area contributed by atoms with Crippen molar-refractivity contribution in [2.24, 2.45) is 4.99 Å². The van der Waals surface area contributed by atoms with Gasteiger partial charge in [-0.2, -0.15) is 11.8 Å². The Morgan fingerprint density at radius 1 is 1.35 bits per heavy atom. The molecule has 0 saturated carbocycles. The number of benzene rings is 1. The molecular weight excluding hydrogens is 352 g/mol. The second-order valence-corrected chi connectivity index (χ2v) is 7.42. The molecule has 0 unspecified atom stereocenters. The Morgan fingerprint density at radius 3 is 2.85 bits per heavy atom. The van der Waals surface area contributed by atoms with Gasteiger partial charge in [-0.25, -0.2) is 4.99 Å². The molecule has 0 radical (unpaired) electrons. The lowest BCUT2D eigenvalue weighted by atomic mass is 10.1. The van der Waals surface area contributed by atoms with Gasteiger partial charge in [0.1, 0.15) is 22.9 Å². The Bertz CT molecular complexity index is 871. The number of nitrogens with one attached hydrogen (secondary N) is 1. The van der Waals surface area contributed by atoms with Crippen LogP contribution < -0.4 is 15.0 Å². The van der Waals surface area contributed by atoms with Crippen LogP contribution in [0.3, 0.4) is 0 Å². The Hall–Kier alpha value is -2.48. The fourth-order valence-corrected chi connectivity index (χ4v) is 4.18. The molecule has 2 aromatic rings. The summed E-state index contributed by atoms with van der Waals surface area (Å²) in [6.45, 7) is 3.71. The van der Waals surface area contributed by atoms with E-state index < -0.39 is 0 Å². The van der Waals surface area contributed by atoms with Crippen LogP contribution >= 0.6 is 11.8 Å². The van der Waals surface area contributed by atoms with Crippen molar-refractivity contribution >= 4 is 34.9 Å².